The molecule has 0 aromatic heterocycles. The minimum atomic E-state index is -4.12. The number of carbonyl (C=O) groups excluding carboxylic acids is 1. The lowest BCUT2D eigenvalue weighted by molar-refractivity contribution is -0.140. The summed E-state index contributed by atoms with van der Waals surface area (Å²) in [6.45, 7) is 6.48. The molecule has 2 atom stereocenters. The number of aliphatic imine (C=N–C) groups is 1. The van der Waals surface area contributed by atoms with E-state index in [1.807, 2.05) is 60.7 Å². The number of sulfone groups is 2. The zero-order valence-corrected chi connectivity index (χ0v) is 19.3. The van der Waals surface area contributed by atoms with Crippen LogP contribution in [0.25, 0.3) is 5.57 Å². The van der Waals surface area contributed by atoms with Crippen molar-refractivity contribution in [2.24, 2.45) is 4.99 Å². The molecule has 0 fully saturated rings. The fraction of sp³-hybridized carbons (Fsp3) is 0.167. The highest BCUT2D eigenvalue weighted by molar-refractivity contribution is 7.95. The molecule has 2 unspecified atom stereocenters. The van der Waals surface area contributed by atoms with Crippen LogP contribution in [0.4, 0.5) is 0 Å². The van der Waals surface area contributed by atoms with Gasteiger partial charge >= 0.3 is 5.97 Å². The van der Waals surface area contributed by atoms with Gasteiger partial charge in [-0.15, -0.1) is 0 Å². The molecule has 0 aliphatic carbocycles. The molecule has 0 radical (unpaired) electrons. The van der Waals surface area contributed by atoms with E-state index < -0.39 is 49.3 Å². The van der Waals surface area contributed by atoms with Crippen molar-refractivity contribution >= 4 is 37.4 Å². The average molecular weight is 486 g/mol. The molecule has 0 bridgehead atoms. The van der Waals surface area contributed by atoms with Crippen LogP contribution in [-0.4, -0.2) is 46.3 Å². The molecule has 9 heteroatoms. The summed E-state index contributed by atoms with van der Waals surface area (Å²) in [5.74, 6) is -1.45. The van der Waals surface area contributed by atoms with Gasteiger partial charge < -0.3 is 4.74 Å². The van der Waals surface area contributed by atoms with E-state index in [4.69, 9.17) is 4.74 Å². The standard InChI is InChI=1S/C24H23NO6S2/c1-3-32(27,28)16-15-21(33(29,30)4-2)31-24(26)23(20-17-25-20)22(18-11-7-5-8-12-18)19-13-9-6-10-14-19/h3-14,17,20-21H,1-2,15-16H2. The van der Waals surface area contributed by atoms with E-state index in [-0.39, 0.29) is 5.57 Å². The molecule has 0 N–H and O–H groups in total. The Hall–Kier alpha value is -3.30. The molecule has 2 aromatic rings. The van der Waals surface area contributed by atoms with Crippen molar-refractivity contribution in [3.8, 4) is 0 Å². The predicted octanol–water partition coefficient (Wildman–Crippen LogP) is 3.32. The molecule has 1 aliphatic heterocycles. The van der Waals surface area contributed by atoms with Crippen LogP contribution in [0.15, 0.2) is 95.2 Å². The SMILES string of the molecule is C=CS(=O)(=O)CCC(OC(=O)C(=C(c1ccccc1)c1ccccc1)C1C=N1)S(=O)(=O)C=C. The largest absolute Gasteiger partial charge is 0.442 e. The average Bonchev–Trinajstić information content (AvgIpc) is 3.66. The molecule has 0 spiro atoms. The van der Waals surface area contributed by atoms with E-state index in [1.165, 1.54) is 0 Å². The van der Waals surface area contributed by atoms with Crippen LogP contribution in [0.2, 0.25) is 0 Å². The van der Waals surface area contributed by atoms with Crippen LogP contribution in [0.1, 0.15) is 17.5 Å². The van der Waals surface area contributed by atoms with Gasteiger partial charge in [0.1, 0.15) is 6.04 Å². The van der Waals surface area contributed by atoms with Gasteiger partial charge in [-0.1, -0.05) is 73.8 Å². The fourth-order valence-electron chi connectivity index (χ4n) is 3.17. The lowest BCUT2D eigenvalue weighted by Crippen LogP contribution is -2.30. The van der Waals surface area contributed by atoms with Crippen LogP contribution >= 0.6 is 0 Å². The minimum absolute atomic E-state index is 0.170. The van der Waals surface area contributed by atoms with Crippen molar-refractivity contribution in [1.29, 1.82) is 0 Å². The van der Waals surface area contributed by atoms with Crippen molar-refractivity contribution in [2.45, 2.75) is 17.9 Å². The predicted molar refractivity (Wildman–Crippen MR) is 129 cm³/mol. The Kier molecular flexibility index (Phi) is 7.45. The van der Waals surface area contributed by atoms with Gasteiger partial charge in [0, 0.05) is 29.0 Å². The molecule has 0 amide bonds. The highest BCUT2D eigenvalue weighted by Gasteiger charge is 2.35. The zero-order chi connectivity index (χ0) is 24.1. The van der Waals surface area contributed by atoms with E-state index in [1.54, 1.807) is 6.21 Å². The van der Waals surface area contributed by atoms with Gasteiger partial charge in [0.2, 0.25) is 15.3 Å². The van der Waals surface area contributed by atoms with Crippen molar-refractivity contribution in [1.82, 2.24) is 0 Å². The van der Waals surface area contributed by atoms with Crippen molar-refractivity contribution in [2.75, 3.05) is 5.75 Å². The highest BCUT2D eigenvalue weighted by Crippen LogP contribution is 2.33. The Morgan fingerprint density at radius 2 is 1.45 bits per heavy atom. The van der Waals surface area contributed by atoms with Gasteiger partial charge in [-0.2, -0.15) is 0 Å². The Balaban J connectivity index is 2.06. The maximum Gasteiger partial charge on any atom is 0.338 e. The van der Waals surface area contributed by atoms with Gasteiger partial charge in [0.05, 0.1) is 11.3 Å². The summed E-state index contributed by atoms with van der Waals surface area (Å²) in [6, 6.07) is 17.7. The van der Waals surface area contributed by atoms with E-state index in [9.17, 15) is 21.6 Å². The second-order valence-electron chi connectivity index (χ2n) is 7.18. The lowest BCUT2D eigenvalue weighted by Gasteiger charge is -2.19. The summed E-state index contributed by atoms with van der Waals surface area (Å²) in [4.78, 5) is 17.5. The normalized spacial score (nSPS) is 15.8. The van der Waals surface area contributed by atoms with Gasteiger partial charge in [0.25, 0.3) is 0 Å². The second-order valence-corrected chi connectivity index (χ2v) is 11.3. The Morgan fingerprint density at radius 1 is 0.939 bits per heavy atom. The molecule has 0 saturated heterocycles. The highest BCUT2D eigenvalue weighted by atomic mass is 32.2. The van der Waals surface area contributed by atoms with Crippen LogP contribution in [-0.2, 0) is 29.2 Å². The molecular weight excluding hydrogens is 462 g/mol. The number of hydrogen-bond acceptors (Lipinski definition) is 7. The molecule has 2 aromatic carbocycles. The van der Waals surface area contributed by atoms with E-state index >= 15 is 0 Å². The smallest absolute Gasteiger partial charge is 0.338 e. The number of esters is 1. The first-order valence-electron chi connectivity index (χ1n) is 9.99. The summed E-state index contributed by atoms with van der Waals surface area (Å²) in [7, 11) is -7.83. The lowest BCUT2D eigenvalue weighted by atomic mass is 9.91. The number of ether oxygens (including phenoxy) is 1. The Bertz CT molecular complexity index is 1260. The molecule has 1 heterocycles. The molecular formula is C24H23NO6S2. The van der Waals surface area contributed by atoms with E-state index in [0.717, 1.165) is 16.5 Å². The number of benzene rings is 2. The molecule has 1 aliphatic rings. The first-order chi connectivity index (χ1) is 15.7. The van der Waals surface area contributed by atoms with Crippen LogP contribution in [0.5, 0.6) is 0 Å². The summed E-state index contributed by atoms with van der Waals surface area (Å²) >= 11 is 0. The first-order valence-corrected chi connectivity index (χ1v) is 13.3. The minimum Gasteiger partial charge on any atom is -0.442 e. The molecule has 33 heavy (non-hydrogen) atoms. The van der Waals surface area contributed by atoms with Gasteiger partial charge in [-0.25, -0.2) is 21.6 Å². The second kappa shape index (κ2) is 10.1. The topological polar surface area (TPSA) is 107 Å². The zero-order valence-electron chi connectivity index (χ0n) is 17.7. The van der Waals surface area contributed by atoms with Gasteiger partial charge in [-0.3, -0.25) is 4.99 Å². The van der Waals surface area contributed by atoms with E-state index in [0.29, 0.717) is 11.0 Å². The fourth-order valence-corrected chi connectivity index (χ4v) is 4.92. The maximum atomic E-state index is 13.4. The molecule has 172 valence electrons. The monoisotopic (exact) mass is 485 g/mol. The van der Waals surface area contributed by atoms with Crippen LogP contribution < -0.4 is 0 Å². The number of carbonyl (C=O) groups is 1. The molecule has 7 nitrogen and oxygen atoms in total. The molecule has 3 rings (SSSR count). The summed E-state index contributed by atoms with van der Waals surface area (Å²) in [5, 5.41) is 1.39. The molecule has 0 saturated carbocycles. The van der Waals surface area contributed by atoms with Gasteiger partial charge in [0.15, 0.2) is 9.84 Å². The van der Waals surface area contributed by atoms with Gasteiger partial charge in [-0.05, 0) is 11.1 Å². The Morgan fingerprint density at radius 3 is 1.88 bits per heavy atom. The summed E-state index contributed by atoms with van der Waals surface area (Å²) in [6.07, 6.45) is 1.10. The number of nitrogens with zero attached hydrogens (tertiary/aromatic N) is 1. The van der Waals surface area contributed by atoms with Crippen molar-refractivity contribution in [3.05, 3.63) is 101 Å². The third-order valence-corrected chi connectivity index (χ3v) is 7.78. The Labute approximate surface area is 193 Å². The van der Waals surface area contributed by atoms with Crippen molar-refractivity contribution < 1.29 is 26.4 Å². The van der Waals surface area contributed by atoms with E-state index in [2.05, 4.69) is 18.2 Å². The van der Waals surface area contributed by atoms with Crippen LogP contribution in [0, 0.1) is 0 Å². The third-order valence-electron chi connectivity index (χ3n) is 4.94. The third kappa shape index (κ3) is 6.15. The first kappa shape index (κ1) is 24.3. The number of hydrogen-bond donors (Lipinski definition) is 0. The maximum absolute atomic E-state index is 13.4. The van der Waals surface area contributed by atoms with Crippen molar-refractivity contribution in [3.63, 3.8) is 0 Å². The van der Waals surface area contributed by atoms with Crippen LogP contribution in [0.3, 0.4) is 0 Å². The number of rotatable bonds is 11. The summed E-state index contributed by atoms with van der Waals surface area (Å²) in [5.41, 5.74) is 0.450. The quantitative estimate of drug-likeness (QED) is 0.357. The summed E-state index contributed by atoms with van der Waals surface area (Å²) < 4.78 is 54.0.